The zero-order valence-corrected chi connectivity index (χ0v) is 10.4. The number of benzene rings is 2. The van der Waals surface area contributed by atoms with Crippen LogP contribution in [0.25, 0.3) is 0 Å². The van der Waals surface area contributed by atoms with Crippen molar-refractivity contribution in [3.05, 3.63) is 59.2 Å². The molecule has 0 unspecified atom stereocenters. The lowest BCUT2D eigenvalue weighted by Crippen LogP contribution is -1.95. The Kier molecular flexibility index (Phi) is 3.03. The van der Waals surface area contributed by atoms with Crippen molar-refractivity contribution < 1.29 is 4.74 Å². The van der Waals surface area contributed by atoms with Crippen molar-refractivity contribution in [1.82, 2.24) is 0 Å². The van der Waals surface area contributed by atoms with Crippen LogP contribution in [0.2, 0.25) is 0 Å². The summed E-state index contributed by atoms with van der Waals surface area (Å²) in [6.07, 6.45) is 3.66. The largest absolute Gasteiger partial charge is 0.457 e. The van der Waals surface area contributed by atoms with E-state index in [1.165, 1.54) is 30.4 Å². The number of aryl methyl sites for hydroxylation is 2. The SMILES string of the molecule is NCc1ccc(Oc2ccc3c(c2)CCC3)cc1. The van der Waals surface area contributed by atoms with Crippen LogP contribution < -0.4 is 10.5 Å². The normalized spacial score (nSPS) is 13.4. The summed E-state index contributed by atoms with van der Waals surface area (Å²) in [4.78, 5) is 0. The Labute approximate surface area is 107 Å². The van der Waals surface area contributed by atoms with Crippen molar-refractivity contribution in [2.75, 3.05) is 0 Å². The van der Waals surface area contributed by atoms with E-state index in [4.69, 9.17) is 10.5 Å². The molecule has 0 spiro atoms. The van der Waals surface area contributed by atoms with Crippen molar-refractivity contribution in [1.29, 1.82) is 0 Å². The standard InChI is InChI=1S/C16H17NO/c17-11-12-4-7-15(8-5-12)18-16-9-6-13-2-1-3-14(13)10-16/h4-10H,1-3,11,17H2. The summed E-state index contributed by atoms with van der Waals surface area (Å²) in [5.74, 6) is 1.79. The Hall–Kier alpha value is -1.80. The van der Waals surface area contributed by atoms with Gasteiger partial charge >= 0.3 is 0 Å². The van der Waals surface area contributed by atoms with Crippen molar-refractivity contribution in [2.24, 2.45) is 5.73 Å². The first-order valence-electron chi connectivity index (χ1n) is 6.44. The molecule has 0 bridgehead atoms. The van der Waals surface area contributed by atoms with E-state index in [1.807, 2.05) is 24.3 Å². The Balaban J connectivity index is 1.79. The molecule has 2 heteroatoms. The van der Waals surface area contributed by atoms with Crippen LogP contribution in [-0.4, -0.2) is 0 Å². The van der Waals surface area contributed by atoms with Crippen LogP contribution in [0.1, 0.15) is 23.1 Å². The predicted octanol–water partition coefficient (Wildman–Crippen LogP) is 3.43. The molecule has 0 saturated carbocycles. The maximum atomic E-state index is 5.86. The predicted molar refractivity (Wildman–Crippen MR) is 72.9 cm³/mol. The van der Waals surface area contributed by atoms with Crippen LogP contribution in [0.4, 0.5) is 0 Å². The van der Waals surface area contributed by atoms with E-state index in [2.05, 4.69) is 18.2 Å². The molecule has 1 aliphatic rings. The van der Waals surface area contributed by atoms with Gasteiger partial charge in [0.05, 0.1) is 0 Å². The zero-order chi connectivity index (χ0) is 12.4. The molecule has 0 saturated heterocycles. The third-order valence-corrected chi connectivity index (χ3v) is 3.46. The molecular formula is C16H17NO. The van der Waals surface area contributed by atoms with Crippen LogP contribution >= 0.6 is 0 Å². The highest BCUT2D eigenvalue weighted by molar-refractivity contribution is 5.40. The maximum absolute atomic E-state index is 5.86. The Bertz CT molecular complexity index is 546. The van der Waals surface area contributed by atoms with E-state index in [0.717, 1.165) is 17.1 Å². The molecule has 0 radical (unpaired) electrons. The van der Waals surface area contributed by atoms with E-state index in [0.29, 0.717) is 6.54 Å². The molecule has 92 valence electrons. The van der Waals surface area contributed by atoms with Gasteiger partial charge in [-0.3, -0.25) is 0 Å². The third-order valence-electron chi connectivity index (χ3n) is 3.46. The van der Waals surface area contributed by atoms with Gasteiger partial charge in [-0.25, -0.2) is 0 Å². The summed E-state index contributed by atoms with van der Waals surface area (Å²) >= 11 is 0. The first-order valence-corrected chi connectivity index (χ1v) is 6.44. The lowest BCUT2D eigenvalue weighted by atomic mass is 10.1. The average Bonchev–Trinajstić information content (AvgIpc) is 2.87. The molecule has 0 heterocycles. The van der Waals surface area contributed by atoms with E-state index in [1.54, 1.807) is 0 Å². The summed E-state index contributed by atoms with van der Waals surface area (Å²) in [7, 11) is 0. The fourth-order valence-electron chi connectivity index (χ4n) is 2.44. The number of rotatable bonds is 3. The summed E-state index contributed by atoms with van der Waals surface area (Å²) in [6.45, 7) is 0.569. The Morgan fingerprint density at radius 1 is 0.889 bits per heavy atom. The van der Waals surface area contributed by atoms with E-state index >= 15 is 0 Å². The number of hydrogen-bond acceptors (Lipinski definition) is 2. The topological polar surface area (TPSA) is 35.2 Å². The van der Waals surface area contributed by atoms with Crippen LogP contribution in [0.5, 0.6) is 11.5 Å². The van der Waals surface area contributed by atoms with Crippen molar-refractivity contribution in [3.8, 4) is 11.5 Å². The fourth-order valence-corrected chi connectivity index (χ4v) is 2.44. The molecule has 0 aliphatic heterocycles. The quantitative estimate of drug-likeness (QED) is 0.890. The molecule has 0 atom stereocenters. The van der Waals surface area contributed by atoms with E-state index < -0.39 is 0 Å². The van der Waals surface area contributed by atoms with Gasteiger partial charge in [0.1, 0.15) is 11.5 Å². The van der Waals surface area contributed by atoms with Crippen LogP contribution in [0, 0.1) is 0 Å². The van der Waals surface area contributed by atoms with E-state index in [-0.39, 0.29) is 0 Å². The van der Waals surface area contributed by atoms with Gasteiger partial charge in [-0.15, -0.1) is 0 Å². The molecule has 2 nitrogen and oxygen atoms in total. The first kappa shape index (κ1) is 11.3. The van der Waals surface area contributed by atoms with Crippen LogP contribution in [0.15, 0.2) is 42.5 Å². The van der Waals surface area contributed by atoms with Crippen molar-refractivity contribution in [2.45, 2.75) is 25.8 Å². The van der Waals surface area contributed by atoms with Gasteiger partial charge in [0.2, 0.25) is 0 Å². The number of hydrogen-bond donors (Lipinski definition) is 1. The van der Waals surface area contributed by atoms with Crippen LogP contribution in [0.3, 0.4) is 0 Å². The third kappa shape index (κ3) is 2.24. The van der Waals surface area contributed by atoms with Crippen molar-refractivity contribution in [3.63, 3.8) is 0 Å². The maximum Gasteiger partial charge on any atom is 0.127 e. The molecule has 0 amide bonds. The Morgan fingerprint density at radius 3 is 2.39 bits per heavy atom. The monoisotopic (exact) mass is 239 g/mol. The van der Waals surface area contributed by atoms with Gasteiger partial charge in [-0.05, 0) is 60.2 Å². The smallest absolute Gasteiger partial charge is 0.127 e. The van der Waals surface area contributed by atoms with Gasteiger partial charge in [0.25, 0.3) is 0 Å². The van der Waals surface area contributed by atoms with Gasteiger partial charge in [0, 0.05) is 6.54 Å². The van der Waals surface area contributed by atoms with Crippen molar-refractivity contribution >= 4 is 0 Å². The van der Waals surface area contributed by atoms with Gasteiger partial charge in [-0.2, -0.15) is 0 Å². The second-order valence-corrected chi connectivity index (χ2v) is 4.73. The van der Waals surface area contributed by atoms with Gasteiger partial charge < -0.3 is 10.5 Å². The highest BCUT2D eigenvalue weighted by Gasteiger charge is 2.11. The molecule has 2 aromatic carbocycles. The summed E-state index contributed by atoms with van der Waals surface area (Å²) in [5.41, 5.74) is 9.60. The number of fused-ring (bicyclic) bond motifs is 1. The first-order chi connectivity index (χ1) is 8.85. The fraction of sp³-hybridized carbons (Fsp3) is 0.250. The molecule has 0 fully saturated rings. The van der Waals surface area contributed by atoms with Crippen LogP contribution in [-0.2, 0) is 19.4 Å². The minimum atomic E-state index is 0.569. The molecule has 0 aromatic heterocycles. The minimum absolute atomic E-state index is 0.569. The lowest BCUT2D eigenvalue weighted by Gasteiger charge is -2.08. The highest BCUT2D eigenvalue weighted by Crippen LogP contribution is 2.28. The lowest BCUT2D eigenvalue weighted by molar-refractivity contribution is 0.482. The summed E-state index contributed by atoms with van der Waals surface area (Å²) in [5, 5.41) is 0. The molecule has 2 N–H and O–H groups in total. The van der Waals surface area contributed by atoms with Gasteiger partial charge in [-0.1, -0.05) is 18.2 Å². The second-order valence-electron chi connectivity index (χ2n) is 4.73. The second kappa shape index (κ2) is 4.83. The summed E-state index contributed by atoms with van der Waals surface area (Å²) < 4.78 is 5.86. The number of ether oxygens (including phenoxy) is 1. The summed E-state index contributed by atoms with van der Waals surface area (Å²) in [6, 6.07) is 14.3. The van der Waals surface area contributed by atoms with Gasteiger partial charge in [0.15, 0.2) is 0 Å². The van der Waals surface area contributed by atoms with E-state index in [9.17, 15) is 0 Å². The molecule has 18 heavy (non-hydrogen) atoms. The average molecular weight is 239 g/mol. The molecule has 1 aliphatic carbocycles. The zero-order valence-electron chi connectivity index (χ0n) is 10.4. The molecule has 3 rings (SSSR count). The molecular weight excluding hydrogens is 222 g/mol. The minimum Gasteiger partial charge on any atom is -0.457 e. The molecule has 2 aromatic rings. The number of nitrogens with two attached hydrogens (primary N) is 1. The highest BCUT2D eigenvalue weighted by atomic mass is 16.5. The Morgan fingerprint density at radius 2 is 1.61 bits per heavy atom.